The van der Waals surface area contributed by atoms with E-state index in [1.165, 1.54) is 23.9 Å². The third-order valence-corrected chi connectivity index (χ3v) is 4.24. The first-order valence-electron chi connectivity index (χ1n) is 7.14. The lowest BCUT2D eigenvalue weighted by atomic mass is 10.2. The first-order chi connectivity index (χ1) is 11.2. The smallest absolute Gasteiger partial charge is 0.266 e. The van der Waals surface area contributed by atoms with Gasteiger partial charge < -0.3 is 0 Å². The van der Waals surface area contributed by atoms with Crippen molar-refractivity contribution in [3.8, 4) is 0 Å². The van der Waals surface area contributed by atoms with Gasteiger partial charge in [-0.2, -0.15) is 0 Å². The highest BCUT2D eigenvalue weighted by atomic mass is 32.2. The van der Waals surface area contributed by atoms with Crippen molar-refractivity contribution < 1.29 is 9.18 Å². The molecule has 1 amide bonds. The van der Waals surface area contributed by atoms with E-state index in [0.717, 1.165) is 5.56 Å². The maximum absolute atomic E-state index is 13.0. The molecule has 1 aromatic carbocycles. The molecule has 1 fully saturated rings. The lowest BCUT2D eigenvalue weighted by molar-refractivity contribution is -0.122. The molecular formula is C17H14FN3OS. The molecule has 0 bridgehead atoms. The van der Waals surface area contributed by atoms with Crippen LogP contribution in [-0.4, -0.2) is 27.5 Å². The largest absolute Gasteiger partial charge is 0.287 e. The van der Waals surface area contributed by atoms with Crippen LogP contribution in [0.5, 0.6) is 0 Å². The van der Waals surface area contributed by atoms with E-state index in [0.29, 0.717) is 22.4 Å². The Morgan fingerprint density at radius 2 is 2.04 bits per heavy atom. The van der Waals surface area contributed by atoms with Crippen LogP contribution in [0, 0.1) is 5.82 Å². The number of carbonyl (C=O) groups is 1. The number of carbonyl (C=O) groups excluding carboxylic acids is 1. The topological polar surface area (TPSA) is 45.6 Å². The number of halogens is 1. The third kappa shape index (κ3) is 3.48. The minimum absolute atomic E-state index is 0.100. The van der Waals surface area contributed by atoms with Gasteiger partial charge in [0.1, 0.15) is 5.82 Å². The molecule has 0 unspecified atom stereocenters. The van der Waals surface area contributed by atoms with Gasteiger partial charge in [0.25, 0.3) is 5.91 Å². The van der Waals surface area contributed by atoms with Crippen LogP contribution >= 0.6 is 11.8 Å². The number of thioether (sulfide) groups is 1. The van der Waals surface area contributed by atoms with Gasteiger partial charge in [-0.15, -0.1) is 0 Å². The lowest BCUT2D eigenvalue weighted by Crippen LogP contribution is -2.28. The molecule has 0 atom stereocenters. The zero-order chi connectivity index (χ0) is 16.2. The highest BCUT2D eigenvalue weighted by Crippen LogP contribution is 2.33. The van der Waals surface area contributed by atoms with Crippen molar-refractivity contribution in [1.29, 1.82) is 0 Å². The van der Waals surface area contributed by atoms with Crippen molar-refractivity contribution in [2.45, 2.75) is 6.92 Å². The Kier molecular flexibility index (Phi) is 4.52. The number of amides is 1. The average molecular weight is 327 g/mol. The zero-order valence-electron chi connectivity index (χ0n) is 12.4. The monoisotopic (exact) mass is 327 g/mol. The van der Waals surface area contributed by atoms with Gasteiger partial charge in [0.05, 0.1) is 4.91 Å². The van der Waals surface area contributed by atoms with Crippen LogP contribution in [0.1, 0.15) is 12.5 Å². The van der Waals surface area contributed by atoms with E-state index in [1.807, 2.05) is 19.1 Å². The molecule has 0 N–H and O–H groups in total. The van der Waals surface area contributed by atoms with Crippen LogP contribution in [0.3, 0.4) is 0 Å². The number of benzene rings is 1. The summed E-state index contributed by atoms with van der Waals surface area (Å²) in [5.41, 5.74) is 0.775. The van der Waals surface area contributed by atoms with Gasteiger partial charge in [0.15, 0.2) is 11.0 Å². The molecule has 2 aromatic rings. The summed E-state index contributed by atoms with van der Waals surface area (Å²) < 4.78 is 13.0. The Morgan fingerprint density at radius 1 is 1.26 bits per heavy atom. The molecule has 1 saturated heterocycles. The molecule has 0 spiro atoms. The Hall–Kier alpha value is -2.47. The lowest BCUT2D eigenvalue weighted by Gasteiger charge is -2.11. The molecule has 1 aromatic heterocycles. The zero-order valence-corrected chi connectivity index (χ0v) is 13.3. The Bertz CT molecular complexity index is 772. The van der Waals surface area contributed by atoms with E-state index in [9.17, 15) is 9.18 Å². The van der Waals surface area contributed by atoms with Gasteiger partial charge in [0.2, 0.25) is 0 Å². The molecule has 23 heavy (non-hydrogen) atoms. The first-order valence-corrected chi connectivity index (χ1v) is 7.95. The van der Waals surface area contributed by atoms with Crippen LogP contribution in [0.15, 0.2) is 58.6 Å². The van der Waals surface area contributed by atoms with Crippen molar-refractivity contribution >= 4 is 34.7 Å². The minimum Gasteiger partial charge on any atom is -0.287 e. The molecule has 6 heteroatoms. The summed E-state index contributed by atoms with van der Waals surface area (Å²) in [7, 11) is 0. The number of amidine groups is 1. The number of likely N-dealkylation sites (N-methyl/N-ethyl adjacent to an activating group) is 1. The van der Waals surface area contributed by atoms with Crippen LogP contribution in [0.4, 0.5) is 10.2 Å². The Balaban J connectivity index is 1.91. The van der Waals surface area contributed by atoms with Crippen molar-refractivity contribution in [2.24, 2.45) is 4.99 Å². The molecule has 2 heterocycles. The maximum Gasteiger partial charge on any atom is 0.266 e. The van der Waals surface area contributed by atoms with E-state index in [4.69, 9.17) is 0 Å². The first kappa shape index (κ1) is 15.4. The summed E-state index contributed by atoms with van der Waals surface area (Å²) in [5.74, 6) is 0.158. The summed E-state index contributed by atoms with van der Waals surface area (Å²) >= 11 is 1.30. The molecular weight excluding hydrogens is 313 g/mol. The normalized spacial score (nSPS) is 18.2. The fraction of sp³-hybridized carbons (Fsp3) is 0.118. The van der Waals surface area contributed by atoms with Crippen LogP contribution < -0.4 is 0 Å². The van der Waals surface area contributed by atoms with E-state index < -0.39 is 0 Å². The number of nitrogens with zero attached hydrogens (tertiary/aromatic N) is 3. The van der Waals surface area contributed by atoms with E-state index in [1.54, 1.807) is 35.4 Å². The molecule has 4 nitrogen and oxygen atoms in total. The summed E-state index contributed by atoms with van der Waals surface area (Å²) in [5, 5.41) is 0.601. The highest BCUT2D eigenvalue weighted by Gasteiger charge is 2.32. The molecule has 1 aliphatic heterocycles. The second-order valence-corrected chi connectivity index (χ2v) is 5.80. The van der Waals surface area contributed by atoms with Crippen LogP contribution in [0.2, 0.25) is 0 Å². The molecule has 0 saturated carbocycles. The van der Waals surface area contributed by atoms with Crippen molar-refractivity contribution in [1.82, 2.24) is 9.88 Å². The predicted molar refractivity (Wildman–Crippen MR) is 90.7 cm³/mol. The van der Waals surface area contributed by atoms with Gasteiger partial charge in [-0.1, -0.05) is 18.2 Å². The fourth-order valence-electron chi connectivity index (χ4n) is 2.10. The van der Waals surface area contributed by atoms with Crippen molar-refractivity contribution in [3.05, 3.63) is 64.9 Å². The second kappa shape index (κ2) is 6.75. The Labute approximate surface area is 137 Å². The van der Waals surface area contributed by atoms with Gasteiger partial charge in [-0.05, 0) is 54.6 Å². The number of hydrogen-bond acceptors (Lipinski definition) is 4. The van der Waals surface area contributed by atoms with Crippen LogP contribution in [0.25, 0.3) is 6.08 Å². The fourth-order valence-corrected chi connectivity index (χ4v) is 3.15. The van der Waals surface area contributed by atoms with E-state index in [-0.39, 0.29) is 11.7 Å². The van der Waals surface area contributed by atoms with Gasteiger partial charge in [-0.3, -0.25) is 9.69 Å². The number of aromatic nitrogens is 1. The molecule has 0 radical (unpaired) electrons. The van der Waals surface area contributed by atoms with Gasteiger partial charge in [-0.25, -0.2) is 14.4 Å². The predicted octanol–water partition coefficient (Wildman–Crippen LogP) is 3.84. The standard InChI is InChI=1S/C17H14FN3OS/c1-2-21-16(22)14(11-12-6-8-13(18)9-7-12)23-17(21)20-15-5-3-4-10-19-15/h3-11H,2H2,1H3/b14-11-,20-17+. The maximum atomic E-state index is 13.0. The van der Waals surface area contributed by atoms with E-state index in [2.05, 4.69) is 9.98 Å². The summed E-state index contributed by atoms with van der Waals surface area (Å²) in [6, 6.07) is 11.5. The van der Waals surface area contributed by atoms with Crippen molar-refractivity contribution in [2.75, 3.05) is 6.54 Å². The quantitative estimate of drug-likeness (QED) is 0.805. The van der Waals surface area contributed by atoms with Crippen LogP contribution in [-0.2, 0) is 4.79 Å². The number of pyridine rings is 1. The number of aliphatic imine (C=N–C) groups is 1. The third-order valence-electron chi connectivity index (χ3n) is 3.23. The SMILES string of the molecule is CCN1C(=O)/C(=C/c2ccc(F)cc2)S/C1=N/c1ccccn1. The summed E-state index contributed by atoms with van der Waals surface area (Å²) in [6.45, 7) is 2.42. The molecule has 0 aliphatic carbocycles. The molecule has 1 aliphatic rings. The van der Waals surface area contributed by atoms with Crippen molar-refractivity contribution in [3.63, 3.8) is 0 Å². The summed E-state index contributed by atoms with van der Waals surface area (Å²) in [6.07, 6.45) is 3.41. The van der Waals surface area contributed by atoms with Gasteiger partial charge >= 0.3 is 0 Å². The Morgan fingerprint density at radius 3 is 2.70 bits per heavy atom. The summed E-state index contributed by atoms with van der Waals surface area (Å²) in [4.78, 5) is 23.2. The average Bonchev–Trinajstić information content (AvgIpc) is 2.85. The number of rotatable bonds is 3. The molecule has 3 rings (SSSR count). The highest BCUT2D eigenvalue weighted by molar-refractivity contribution is 8.18. The second-order valence-electron chi connectivity index (χ2n) is 4.79. The number of hydrogen-bond donors (Lipinski definition) is 0. The minimum atomic E-state index is -0.301. The van der Waals surface area contributed by atoms with E-state index >= 15 is 0 Å². The molecule has 116 valence electrons. The van der Waals surface area contributed by atoms with Gasteiger partial charge in [0, 0.05) is 12.7 Å².